The number of rotatable bonds is 8. The van der Waals surface area contributed by atoms with Crippen LogP contribution in [0.4, 0.5) is 0 Å². The van der Waals surface area contributed by atoms with E-state index in [0.717, 1.165) is 53.5 Å². The molecule has 6 rings (SSSR count). The van der Waals surface area contributed by atoms with Crippen molar-refractivity contribution in [3.05, 3.63) is 95.7 Å². The molecule has 1 atom stereocenters. The molecule has 4 aromatic rings. The third-order valence-electron chi connectivity index (χ3n) is 8.84. The number of aromatic nitrogens is 1. The summed E-state index contributed by atoms with van der Waals surface area (Å²) in [6, 6.07) is 25.4. The van der Waals surface area contributed by atoms with Crippen LogP contribution in [-0.2, 0) is 23.4 Å². The highest BCUT2D eigenvalue weighted by Crippen LogP contribution is 2.42. The maximum absolute atomic E-state index is 14.9. The van der Waals surface area contributed by atoms with Gasteiger partial charge in [0.25, 0.3) is 11.8 Å². The molecule has 1 fully saturated rings. The van der Waals surface area contributed by atoms with E-state index >= 15 is 0 Å². The first-order valence-electron chi connectivity index (χ1n) is 15.1. The van der Waals surface area contributed by atoms with Gasteiger partial charge in [0.2, 0.25) is 0 Å². The van der Waals surface area contributed by atoms with Gasteiger partial charge in [-0.15, -0.1) is 0 Å². The smallest absolute Gasteiger partial charge is 0.272 e. The largest absolute Gasteiger partial charge is 0.497 e. The number of ether oxygens (including phenoxy) is 2. The zero-order chi connectivity index (χ0) is 29.1. The molecule has 2 amide bonds. The van der Waals surface area contributed by atoms with Crippen LogP contribution in [0.5, 0.6) is 11.5 Å². The fourth-order valence-corrected chi connectivity index (χ4v) is 6.66. The summed E-state index contributed by atoms with van der Waals surface area (Å²) in [6.45, 7) is 2.97. The lowest BCUT2D eigenvalue weighted by Gasteiger charge is -2.47. The van der Waals surface area contributed by atoms with Crippen molar-refractivity contribution in [2.45, 2.75) is 70.1 Å². The number of amides is 2. The van der Waals surface area contributed by atoms with Gasteiger partial charge in [0.05, 0.1) is 32.3 Å². The molecule has 2 aliphatic rings. The van der Waals surface area contributed by atoms with Crippen molar-refractivity contribution in [2.75, 3.05) is 13.7 Å². The Kier molecular flexibility index (Phi) is 7.92. The van der Waals surface area contributed by atoms with Crippen LogP contribution < -0.4 is 14.8 Å². The second kappa shape index (κ2) is 11.9. The molecule has 0 spiro atoms. The predicted molar refractivity (Wildman–Crippen MR) is 164 cm³/mol. The van der Waals surface area contributed by atoms with Gasteiger partial charge in [-0.05, 0) is 49.6 Å². The van der Waals surface area contributed by atoms with E-state index in [1.54, 1.807) is 12.0 Å². The van der Waals surface area contributed by atoms with Crippen molar-refractivity contribution in [2.24, 2.45) is 0 Å². The van der Waals surface area contributed by atoms with Gasteiger partial charge in [0, 0.05) is 23.1 Å². The summed E-state index contributed by atoms with van der Waals surface area (Å²) in [6.07, 6.45) is 6.48. The molecule has 0 bridgehead atoms. The number of fused-ring (bicyclic) bond motifs is 3. The molecule has 1 aliphatic heterocycles. The molecule has 42 heavy (non-hydrogen) atoms. The minimum Gasteiger partial charge on any atom is -0.497 e. The van der Waals surface area contributed by atoms with E-state index in [0.29, 0.717) is 18.1 Å². The minimum absolute atomic E-state index is 0.0798. The van der Waals surface area contributed by atoms with E-state index < -0.39 is 5.54 Å². The number of para-hydroxylation sites is 1. The zero-order valence-corrected chi connectivity index (χ0v) is 24.5. The van der Waals surface area contributed by atoms with Crippen LogP contribution in [-0.4, -0.2) is 41.0 Å². The molecule has 0 radical (unpaired) electrons. The molecule has 1 unspecified atom stereocenters. The summed E-state index contributed by atoms with van der Waals surface area (Å²) in [5.74, 6) is 1.09. The van der Waals surface area contributed by atoms with Crippen LogP contribution in [0, 0.1) is 0 Å². The number of hydrogen-bond acceptors (Lipinski definition) is 4. The van der Waals surface area contributed by atoms with Crippen molar-refractivity contribution in [1.82, 2.24) is 14.8 Å². The molecular formula is C35H39N3O4. The quantitative estimate of drug-likeness (QED) is 0.250. The lowest BCUT2D eigenvalue weighted by molar-refractivity contribution is -0.136. The van der Waals surface area contributed by atoms with E-state index in [2.05, 4.69) is 5.32 Å². The number of carbonyl (C=O) groups is 2. The van der Waals surface area contributed by atoms with Crippen molar-refractivity contribution in [1.29, 1.82) is 0 Å². The zero-order valence-electron chi connectivity index (χ0n) is 24.5. The summed E-state index contributed by atoms with van der Waals surface area (Å²) in [5.41, 5.74) is 1.79. The van der Waals surface area contributed by atoms with Crippen LogP contribution in [0.2, 0.25) is 0 Å². The molecule has 7 nitrogen and oxygen atoms in total. The van der Waals surface area contributed by atoms with E-state index in [4.69, 9.17) is 9.47 Å². The Morgan fingerprint density at radius 3 is 2.43 bits per heavy atom. The highest BCUT2D eigenvalue weighted by molar-refractivity contribution is 6.04. The summed E-state index contributed by atoms with van der Waals surface area (Å²) in [7, 11) is 1.64. The topological polar surface area (TPSA) is 72.8 Å². The average Bonchev–Trinajstić information content (AvgIpc) is 3.18. The van der Waals surface area contributed by atoms with Crippen molar-refractivity contribution in [3.8, 4) is 11.5 Å². The molecule has 1 saturated carbocycles. The second-order valence-corrected chi connectivity index (χ2v) is 11.4. The van der Waals surface area contributed by atoms with Gasteiger partial charge in [-0.25, -0.2) is 0 Å². The normalized spacial score (nSPS) is 19.3. The number of carbonyl (C=O) groups excluding carboxylic acids is 2. The molecule has 1 N–H and O–H groups in total. The highest BCUT2D eigenvalue weighted by atomic mass is 16.5. The summed E-state index contributed by atoms with van der Waals surface area (Å²) < 4.78 is 13.5. The lowest BCUT2D eigenvalue weighted by atomic mass is 9.83. The van der Waals surface area contributed by atoms with Gasteiger partial charge in [-0.3, -0.25) is 9.59 Å². The molecule has 3 aromatic carbocycles. The Hall–Kier alpha value is -4.26. The third-order valence-corrected chi connectivity index (χ3v) is 8.84. The number of nitrogens with zero attached hydrogens (tertiary/aromatic N) is 2. The Morgan fingerprint density at radius 2 is 1.69 bits per heavy atom. The maximum atomic E-state index is 14.9. The summed E-state index contributed by atoms with van der Waals surface area (Å²) >= 11 is 0. The summed E-state index contributed by atoms with van der Waals surface area (Å²) in [4.78, 5) is 31.4. The van der Waals surface area contributed by atoms with Gasteiger partial charge in [0.1, 0.15) is 17.2 Å². The number of methoxy groups -OCH3 is 1. The monoisotopic (exact) mass is 565 g/mol. The molecule has 0 saturated heterocycles. The highest BCUT2D eigenvalue weighted by Gasteiger charge is 2.53. The first-order chi connectivity index (χ1) is 20.5. The van der Waals surface area contributed by atoms with Gasteiger partial charge in [-0.1, -0.05) is 74.2 Å². The van der Waals surface area contributed by atoms with Crippen LogP contribution >= 0.6 is 0 Å². The van der Waals surface area contributed by atoms with Crippen LogP contribution in [0.3, 0.4) is 0 Å². The molecular weight excluding hydrogens is 526 g/mol. The third kappa shape index (κ3) is 5.02. The molecule has 7 heteroatoms. The molecule has 1 aromatic heterocycles. The Morgan fingerprint density at radius 1 is 0.952 bits per heavy atom. The fourth-order valence-electron chi connectivity index (χ4n) is 6.66. The first kappa shape index (κ1) is 27.9. The molecule has 2 heterocycles. The fraction of sp³-hybridized carbons (Fsp3) is 0.371. The number of benzene rings is 3. The SMILES string of the molecule is CCOc1ccccc1CN1C(=O)c2cc3ccc(OC)cc3n2CC1(C(=O)NC1CCCCCC1)c1ccccc1. The molecule has 1 aliphatic carbocycles. The predicted octanol–water partition coefficient (Wildman–Crippen LogP) is 6.44. The number of nitrogens with one attached hydrogen (secondary N) is 1. The van der Waals surface area contributed by atoms with E-state index in [1.165, 1.54) is 12.8 Å². The first-order valence-corrected chi connectivity index (χ1v) is 15.1. The molecule has 218 valence electrons. The van der Waals surface area contributed by atoms with Crippen molar-refractivity contribution >= 4 is 22.7 Å². The van der Waals surface area contributed by atoms with Crippen LogP contribution in [0.25, 0.3) is 10.9 Å². The van der Waals surface area contributed by atoms with Crippen molar-refractivity contribution < 1.29 is 19.1 Å². The van der Waals surface area contributed by atoms with Gasteiger partial charge in [0.15, 0.2) is 5.54 Å². The van der Waals surface area contributed by atoms with Crippen LogP contribution in [0.1, 0.15) is 67.1 Å². The average molecular weight is 566 g/mol. The van der Waals surface area contributed by atoms with Gasteiger partial charge < -0.3 is 24.3 Å². The minimum atomic E-state index is -1.29. The Balaban J connectivity index is 1.55. The van der Waals surface area contributed by atoms with E-state index in [1.807, 2.05) is 90.4 Å². The van der Waals surface area contributed by atoms with Gasteiger partial charge >= 0.3 is 0 Å². The standard InChI is InChI=1S/C35H39N3O4/c1-3-42-32-18-12-11-13-26(32)23-38-33(39)31-21-25-19-20-29(41-2)22-30(25)37(31)24-35(38,27-14-7-6-8-15-27)34(40)36-28-16-9-4-5-10-17-28/h6-8,11-15,18-22,28H,3-5,9-10,16-17,23-24H2,1-2H3,(H,36,40). The van der Waals surface area contributed by atoms with Crippen LogP contribution in [0.15, 0.2) is 78.9 Å². The Bertz CT molecular complexity index is 1570. The Labute approximate surface area is 247 Å². The van der Waals surface area contributed by atoms with E-state index in [9.17, 15) is 9.59 Å². The maximum Gasteiger partial charge on any atom is 0.272 e. The lowest BCUT2D eigenvalue weighted by Crippen LogP contribution is -2.64. The van der Waals surface area contributed by atoms with Crippen molar-refractivity contribution in [3.63, 3.8) is 0 Å². The van der Waals surface area contributed by atoms with Gasteiger partial charge in [-0.2, -0.15) is 0 Å². The summed E-state index contributed by atoms with van der Waals surface area (Å²) in [5, 5.41) is 4.37. The second-order valence-electron chi connectivity index (χ2n) is 11.4. The van der Waals surface area contributed by atoms with E-state index in [-0.39, 0.29) is 30.9 Å². The number of hydrogen-bond donors (Lipinski definition) is 1.